The minimum absolute atomic E-state index is 0.195. The average Bonchev–Trinajstić information content (AvgIpc) is 2.28. The number of rotatable bonds is 4. The second-order valence-electron chi connectivity index (χ2n) is 5.21. The largest absolute Gasteiger partial charge is 0.474 e. The predicted octanol–water partition coefficient (Wildman–Crippen LogP) is 4.18. The van der Waals surface area contributed by atoms with Crippen LogP contribution in [0.1, 0.15) is 33.3 Å². The number of nitriles is 1. The van der Waals surface area contributed by atoms with Crippen molar-refractivity contribution < 1.29 is 9.53 Å². The van der Waals surface area contributed by atoms with Gasteiger partial charge in [0.2, 0.25) is 5.91 Å². The maximum Gasteiger partial charge on any atom is 0.240 e. The van der Waals surface area contributed by atoms with Crippen molar-refractivity contribution in [1.29, 1.82) is 5.26 Å². The molecule has 0 radical (unpaired) electrons. The number of carbonyl (C=O) groups is 1. The molecule has 20 heavy (non-hydrogen) atoms. The summed E-state index contributed by atoms with van der Waals surface area (Å²) < 4.78 is 4.43. The number of halogens is 2. The lowest BCUT2D eigenvalue weighted by atomic mass is 10.1. The van der Waals surface area contributed by atoms with Crippen molar-refractivity contribution in [3.63, 3.8) is 0 Å². The topological polar surface area (TPSA) is 62.1 Å². The van der Waals surface area contributed by atoms with Gasteiger partial charge in [0.25, 0.3) is 0 Å². The van der Waals surface area contributed by atoms with E-state index in [0.717, 1.165) is 0 Å². The SMILES string of the molecule is CC(C)(Br)Oc1cc(C#N)ccc1NC(=O)C(C)(C)Br. The zero-order valence-electron chi connectivity index (χ0n) is 11.8. The van der Waals surface area contributed by atoms with E-state index in [9.17, 15) is 4.79 Å². The minimum atomic E-state index is -0.692. The first-order valence-electron chi connectivity index (χ1n) is 5.95. The Labute approximate surface area is 135 Å². The molecule has 0 aliphatic carbocycles. The molecule has 0 bridgehead atoms. The van der Waals surface area contributed by atoms with E-state index in [2.05, 4.69) is 37.2 Å². The second kappa shape index (κ2) is 6.15. The predicted molar refractivity (Wildman–Crippen MR) is 86.4 cm³/mol. The lowest BCUT2D eigenvalue weighted by molar-refractivity contribution is -0.117. The quantitative estimate of drug-likeness (QED) is 0.767. The number of ether oxygens (including phenoxy) is 1. The Balaban J connectivity index is 3.13. The van der Waals surface area contributed by atoms with Crippen LogP contribution in [0.3, 0.4) is 0 Å². The number of nitrogens with zero attached hydrogens (tertiary/aromatic N) is 1. The average molecular weight is 404 g/mol. The summed E-state index contributed by atoms with van der Waals surface area (Å²) in [7, 11) is 0. The van der Waals surface area contributed by atoms with Crippen molar-refractivity contribution in [2.45, 2.75) is 36.5 Å². The fourth-order valence-electron chi connectivity index (χ4n) is 1.31. The lowest BCUT2D eigenvalue weighted by Crippen LogP contribution is -2.31. The third-order valence-corrected chi connectivity index (χ3v) is 2.77. The second-order valence-corrected chi connectivity index (χ2v) is 9.11. The maximum atomic E-state index is 12.0. The normalized spacial score (nSPS) is 11.7. The van der Waals surface area contributed by atoms with Crippen LogP contribution in [0.5, 0.6) is 5.75 Å². The summed E-state index contributed by atoms with van der Waals surface area (Å²) in [4.78, 5) is 12.0. The van der Waals surface area contributed by atoms with Gasteiger partial charge in [-0.05, 0) is 55.8 Å². The summed E-state index contributed by atoms with van der Waals surface area (Å²) in [6, 6.07) is 6.93. The summed E-state index contributed by atoms with van der Waals surface area (Å²) in [6.07, 6.45) is 0. The van der Waals surface area contributed by atoms with Crippen LogP contribution in [0.25, 0.3) is 0 Å². The Kier molecular flexibility index (Phi) is 5.22. The number of benzene rings is 1. The third-order valence-electron chi connectivity index (χ3n) is 2.25. The summed E-state index contributed by atoms with van der Waals surface area (Å²) in [6.45, 7) is 7.15. The molecule has 1 N–H and O–H groups in total. The highest BCUT2D eigenvalue weighted by molar-refractivity contribution is 9.10. The first kappa shape index (κ1) is 17.0. The number of carbonyl (C=O) groups excluding carboxylic acids is 1. The molecule has 0 spiro atoms. The first-order chi connectivity index (χ1) is 9.03. The van der Waals surface area contributed by atoms with Crippen molar-refractivity contribution in [3.05, 3.63) is 23.8 Å². The van der Waals surface area contributed by atoms with Crippen molar-refractivity contribution in [1.82, 2.24) is 0 Å². The van der Waals surface area contributed by atoms with Crippen LogP contribution in [0.4, 0.5) is 5.69 Å². The number of alkyl halides is 2. The van der Waals surface area contributed by atoms with Crippen molar-refractivity contribution in [2.24, 2.45) is 0 Å². The van der Waals surface area contributed by atoms with Gasteiger partial charge in [0, 0.05) is 6.07 Å². The molecule has 0 unspecified atom stereocenters. The molecule has 1 rings (SSSR count). The first-order valence-corrected chi connectivity index (χ1v) is 7.54. The monoisotopic (exact) mass is 402 g/mol. The molecule has 0 atom stereocenters. The van der Waals surface area contributed by atoms with E-state index in [-0.39, 0.29) is 5.91 Å². The Morgan fingerprint density at radius 3 is 2.35 bits per heavy atom. The summed E-state index contributed by atoms with van der Waals surface area (Å²) in [5.74, 6) is 0.246. The van der Waals surface area contributed by atoms with Gasteiger partial charge in [0.05, 0.1) is 21.6 Å². The van der Waals surface area contributed by atoms with Crippen LogP contribution >= 0.6 is 31.9 Å². The van der Waals surface area contributed by atoms with Crippen LogP contribution in [-0.2, 0) is 4.79 Å². The van der Waals surface area contributed by atoms with Gasteiger partial charge in [-0.3, -0.25) is 4.79 Å². The molecule has 1 aromatic rings. The van der Waals surface area contributed by atoms with Gasteiger partial charge in [0.15, 0.2) is 4.51 Å². The van der Waals surface area contributed by atoms with Crippen molar-refractivity contribution >= 4 is 43.5 Å². The summed E-state index contributed by atoms with van der Waals surface area (Å²) >= 11 is 6.68. The minimum Gasteiger partial charge on any atom is -0.474 e. The van der Waals surface area contributed by atoms with Gasteiger partial charge in [-0.25, -0.2) is 0 Å². The van der Waals surface area contributed by atoms with E-state index >= 15 is 0 Å². The summed E-state index contributed by atoms with van der Waals surface area (Å²) in [5, 5.41) is 11.7. The fraction of sp³-hybridized carbons (Fsp3) is 0.429. The summed E-state index contributed by atoms with van der Waals surface area (Å²) in [5.41, 5.74) is 0.988. The molecule has 0 aromatic heterocycles. The molecule has 4 nitrogen and oxygen atoms in total. The molecule has 1 amide bonds. The molecule has 0 heterocycles. The molecule has 0 aliphatic rings. The van der Waals surface area contributed by atoms with E-state index in [4.69, 9.17) is 10.00 Å². The van der Waals surface area contributed by atoms with Gasteiger partial charge >= 0.3 is 0 Å². The van der Waals surface area contributed by atoms with Crippen LogP contribution in [-0.4, -0.2) is 14.7 Å². The number of anilines is 1. The van der Waals surface area contributed by atoms with Crippen LogP contribution in [0.2, 0.25) is 0 Å². The van der Waals surface area contributed by atoms with Crippen LogP contribution in [0, 0.1) is 11.3 Å². The van der Waals surface area contributed by atoms with E-state index in [1.807, 2.05) is 19.9 Å². The molecular weight excluding hydrogens is 388 g/mol. The van der Waals surface area contributed by atoms with Gasteiger partial charge in [0.1, 0.15) is 5.75 Å². The zero-order chi connectivity index (χ0) is 15.6. The van der Waals surface area contributed by atoms with Crippen molar-refractivity contribution in [2.75, 3.05) is 5.32 Å². The highest BCUT2D eigenvalue weighted by Gasteiger charge is 2.25. The van der Waals surface area contributed by atoms with Crippen molar-refractivity contribution in [3.8, 4) is 11.8 Å². The Bertz CT molecular complexity index is 552. The van der Waals surface area contributed by atoms with E-state index in [1.54, 1.807) is 32.0 Å². The van der Waals surface area contributed by atoms with E-state index < -0.39 is 8.83 Å². The molecular formula is C14H16Br2N2O2. The molecule has 1 aromatic carbocycles. The lowest BCUT2D eigenvalue weighted by Gasteiger charge is -2.23. The highest BCUT2D eigenvalue weighted by atomic mass is 79.9. The Morgan fingerprint density at radius 1 is 1.30 bits per heavy atom. The maximum absolute atomic E-state index is 12.0. The molecule has 0 aliphatic heterocycles. The van der Waals surface area contributed by atoms with Gasteiger partial charge in [-0.2, -0.15) is 5.26 Å². The smallest absolute Gasteiger partial charge is 0.240 e. The molecule has 6 heteroatoms. The number of nitrogens with one attached hydrogen (secondary N) is 1. The zero-order valence-corrected chi connectivity index (χ0v) is 14.9. The van der Waals surface area contributed by atoms with E-state index in [1.165, 1.54) is 0 Å². The Morgan fingerprint density at radius 2 is 1.90 bits per heavy atom. The fourth-order valence-corrected chi connectivity index (χ4v) is 1.59. The standard InChI is InChI=1S/C14H16Br2N2O2/c1-13(2,15)12(19)18-10-6-5-9(8-17)7-11(10)20-14(3,4)16/h5-7H,1-4H3,(H,18,19). The number of amides is 1. The third kappa shape index (κ3) is 5.14. The Hall–Kier alpha value is -1.06. The van der Waals surface area contributed by atoms with Crippen LogP contribution in [0.15, 0.2) is 18.2 Å². The van der Waals surface area contributed by atoms with Gasteiger partial charge < -0.3 is 10.1 Å². The highest BCUT2D eigenvalue weighted by Crippen LogP contribution is 2.32. The molecule has 0 saturated carbocycles. The van der Waals surface area contributed by atoms with E-state index in [0.29, 0.717) is 17.0 Å². The van der Waals surface area contributed by atoms with Gasteiger partial charge in [-0.15, -0.1) is 0 Å². The van der Waals surface area contributed by atoms with Gasteiger partial charge in [-0.1, -0.05) is 15.9 Å². The molecule has 0 saturated heterocycles. The van der Waals surface area contributed by atoms with Crippen LogP contribution < -0.4 is 10.1 Å². The molecule has 0 fully saturated rings. The number of hydrogen-bond acceptors (Lipinski definition) is 3. The number of hydrogen-bond donors (Lipinski definition) is 1. The molecule has 108 valence electrons.